The maximum atomic E-state index is 12.7. The van der Waals surface area contributed by atoms with Crippen molar-refractivity contribution in [3.05, 3.63) is 28.8 Å². The van der Waals surface area contributed by atoms with E-state index in [-0.39, 0.29) is 18.8 Å². The van der Waals surface area contributed by atoms with Crippen molar-refractivity contribution in [3.63, 3.8) is 0 Å². The van der Waals surface area contributed by atoms with Gasteiger partial charge in [-0.05, 0) is 23.6 Å². The molecule has 1 aromatic rings. The number of hydrogen-bond acceptors (Lipinski definition) is 1. The van der Waals surface area contributed by atoms with Crippen LogP contribution in [0.25, 0.3) is 0 Å². The number of benzene rings is 1. The molecule has 1 aliphatic carbocycles. The smallest absolute Gasteiger partial charge is 0.409 e. The number of halogens is 3. The molecule has 0 aliphatic heterocycles. The van der Waals surface area contributed by atoms with Gasteiger partial charge in [-0.2, -0.15) is 0 Å². The van der Waals surface area contributed by atoms with Gasteiger partial charge in [0.25, 0.3) is 0 Å². The van der Waals surface area contributed by atoms with Gasteiger partial charge in [0.1, 0.15) is 0 Å². The number of anilines is 1. The lowest BCUT2D eigenvalue weighted by Gasteiger charge is -2.35. The van der Waals surface area contributed by atoms with Gasteiger partial charge in [0.15, 0.2) is 0 Å². The standard InChI is InChI=1S/C11H10ClF2NO2/c12-9-3-7(15-10(16)17)1-2-8(9)6-4-11(13,14)5-6/h1-3,6,15H,4-5H2,(H,16,17). The first kappa shape index (κ1) is 12.1. The third kappa shape index (κ3) is 2.66. The van der Waals surface area contributed by atoms with Gasteiger partial charge < -0.3 is 5.11 Å². The fraction of sp³-hybridized carbons (Fsp3) is 0.364. The normalized spacial score (nSPS) is 18.5. The average molecular weight is 262 g/mol. The van der Waals surface area contributed by atoms with Crippen molar-refractivity contribution in [2.75, 3.05) is 5.32 Å². The summed E-state index contributed by atoms with van der Waals surface area (Å²) in [6.07, 6.45) is -1.58. The molecule has 1 fully saturated rings. The zero-order valence-electron chi connectivity index (χ0n) is 8.71. The summed E-state index contributed by atoms with van der Waals surface area (Å²) in [5, 5.41) is 11.0. The zero-order valence-corrected chi connectivity index (χ0v) is 9.47. The molecule has 1 saturated carbocycles. The molecule has 0 unspecified atom stereocenters. The van der Waals surface area contributed by atoms with E-state index in [1.54, 1.807) is 6.07 Å². The van der Waals surface area contributed by atoms with Crippen LogP contribution < -0.4 is 5.32 Å². The Labute approximate surface area is 101 Å². The number of nitrogens with one attached hydrogen (secondary N) is 1. The molecule has 1 amide bonds. The summed E-state index contributed by atoms with van der Waals surface area (Å²) in [7, 11) is 0. The Kier molecular flexibility index (Phi) is 2.95. The minimum atomic E-state index is -2.59. The van der Waals surface area contributed by atoms with Gasteiger partial charge in [0.05, 0.1) is 0 Å². The molecule has 3 nitrogen and oxygen atoms in total. The van der Waals surface area contributed by atoms with E-state index in [0.29, 0.717) is 16.3 Å². The predicted octanol–water partition coefficient (Wildman–Crippen LogP) is 3.94. The largest absolute Gasteiger partial charge is 0.465 e. The summed E-state index contributed by atoms with van der Waals surface area (Å²) in [4.78, 5) is 10.4. The fourth-order valence-corrected chi connectivity index (χ4v) is 2.28. The van der Waals surface area contributed by atoms with E-state index in [0.717, 1.165) is 0 Å². The van der Waals surface area contributed by atoms with Crippen molar-refractivity contribution in [1.29, 1.82) is 0 Å². The Morgan fingerprint density at radius 3 is 2.59 bits per heavy atom. The van der Waals surface area contributed by atoms with Crippen LogP contribution in [0.2, 0.25) is 5.02 Å². The first-order valence-electron chi connectivity index (χ1n) is 5.04. The predicted molar refractivity (Wildman–Crippen MR) is 60.0 cm³/mol. The minimum absolute atomic E-state index is 0.196. The zero-order chi connectivity index (χ0) is 12.6. The van der Waals surface area contributed by atoms with Crippen molar-refractivity contribution in [3.8, 4) is 0 Å². The van der Waals surface area contributed by atoms with E-state index in [2.05, 4.69) is 5.32 Å². The first-order chi connectivity index (χ1) is 7.87. The maximum Gasteiger partial charge on any atom is 0.409 e. The number of carboxylic acid groups (broad SMARTS) is 1. The van der Waals surface area contributed by atoms with E-state index in [4.69, 9.17) is 16.7 Å². The van der Waals surface area contributed by atoms with E-state index in [1.165, 1.54) is 12.1 Å². The van der Waals surface area contributed by atoms with Crippen LogP contribution in [0.4, 0.5) is 19.3 Å². The first-order valence-corrected chi connectivity index (χ1v) is 5.42. The van der Waals surface area contributed by atoms with Crippen LogP contribution in [-0.2, 0) is 0 Å². The molecule has 1 aliphatic rings. The quantitative estimate of drug-likeness (QED) is 0.847. The van der Waals surface area contributed by atoms with Gasteiger partial charge in [-0.25, -0.2) is 13.6 Å². The molecular formula is C11H10ClF2NO2. The minimum Gasteiger partial charge on any atom is -0.465 e. The van der Waals surface area contributed by atoms with Crippen molar-refractivity contribution in [2.24, 2.45) is 0 Å². The summed E-state index contributed by atoms with van der Waals surface area (Å²) in [5.74, 6) is -2.83. The highest BCUT2D eigenvalue weighted by Crippen LogP contribution is 2.50. The van der Waals surface area contributed by atoms with Crippen molar-refractivity contribution < 1.29 is 18.7 Å². The monoisotopic (exact) mass is 261 g/mol. The molecule has 0 spiro atoms. The van der Waals surface area contributed by atoms with Crippen molar-refractivity contribution >= 4 is 23.4 Å². The van der Waals surface area contributed by atoms with E-state index >= 15 is 0 Å². The highest BCUT2D eigenvalue weighted by molar-refractivity contribution is 6.31. The van der Waals surface area contributed by atoms with Crippen LogP contribution in [0.3, 0.4) is 0 Å². The Bertz CT molecular complexity index is 457. The van der Waals surface area contributed by atoms with Crippen LogP contribution in [0.15, 0.2) is 18.2 Å². The van der Waals surface area contributed by atoms with Crippen LogP contribution in [0, 0.1) is 0 Å². The van der Waals surface area contributed by atoms with Crippen LogP contribution in [-0.4, -0.2) is 17.1 Å². The molecular weight excluding hydrogens is 252 g/mol. The maximum absolute atomic E-state index is 12.7. The summed E-state index contributed by atoms with van der Waals surface area (Å²) in [6.45, 7) is 0. The summed E-state index contributed by atoms with van der Waals surface area (Å²) in [6, 6.07) is 4.54. The second-order valence-corrected chi connectivity index (χ2v) is 4.53. The number of hydrogen-bond donors (Lipinski definition) is 2. The Balaban J connectivity index is 2.13. The third-order valence-corrected chi connectivity index (χ3v) is 3.11. The molecule has 0 aromatic heterocycles. The Hall–Kier alpha value is -1.36. The van der Waals surface area contributed by atoms with Crippen molar-refractivity contribution in [2.45, 2.75) is 24.7 Å². The molecule has 0 atom stereocenters. The number of amides is 1. The second-order valence-electron chi connectivity index (χ2n) is 4.13. The Morgan fingerprint density at radius 1 is 1.47 bits per heavy atom. The molecule has 2 rings (SSSR count). The van der Waals surface area contributed by atoms with E-state index in [9.17, 15) is 13.6 Å². The second kappa shape index (κ2) is 4.14. The highest BCUT2D eigenvalue weighted by Gasteiger charge is 2.46. The van der Waals surface area contributed by atoms with E-state index < -0.39 is 12.0 Å². The lowest BCUT2D eigenvalue weighted by Crippen LogP contribution is -2.33. The summed E-state index contributed by atoms with van der Waals surface area (Å²) >= 11 is 5.94. The van der Waals surface area contributed by atoms with Gasteiger partial charge in [0.2, 0.25) is 5.92 Å². The molecule has 2 N–H and O–H groups in total. The third-order valence-electron chi connectivity index (χ3n) is 2.78. The lowest BCUT2D eigenvalue weighted by molar-refractivity contribution is -0.0867. The van der Waals surface area contributed by atoms with E-state index in [1.807, 2.05) is 0 Å². The summed E-state index contributed by atoms with van der Waals surface area (Å²) < 4.78 is 25.4. The van der Waals surface area contributed by atoms with Gasteiger partial charge >= 0.3 is 6.09 Å². The molecule has 6 heteroatoms. The molecule has 0 bridgehead atoms. The molecule has 0 radical (unpaired) electrons. The number of alkyl halides is 2. The molecule has 0 heterocycles. The number of carbonyl (C=O) groups is 1. The van der Waals surface area contributed by atoms with Crippen molar-refractivity contribution in [1.82, 2.24) is 0 Å². The van der Waals surface area contributed by atoms with Crippen LogP contribution >= 0.6 is 11.6 Å². The summed E-state index contributed by atoms with van der Waals surface area (Å²) in [5.41, 5.74) is 0.978. The fourth-order valence-electron chi connectivity index (χ4n) is 1.94. The number of rotatable bonds is 2. The van der Waals surface area contributed by atoms with Crippen LogP contribution in [0.1, 0.15) is 24.3 Å². The van der Waals surface area contributed by atoms with Gasteiger partial charge in [-0.3, -0.25) is 5.32 Å². The molecule has 1 aromatic carbocycles. The highest BCUT2D eigenvalue weighted by atomic mass is 35.5. The lowest BCUT2D eigenvalue weighted by atomic mass is 9.77. The average Bonchev–Trinajstić information content (AvgIpc) is 2.13. The Morgan fingerprint density at radius 2 is 2.12 bits per heavy atom. The topological polar surface area (TPSA) is 49.3 Å². The molecule has 17 heavy (non-hydrogen) atoms. The van der Waals surface area contributed by atoms with Gasteiger partial charge in [-0.15, -0.1) is 0 Å². The molecule has 0 saturated heterocycles. The SMILES string of the molecule is O=C(O)Nc1ccc(C2CC(F)(F)C2)c(Cl)c1. The van der Waals surface area contributed by atoms with Gasteiger partial charge in [0, 0.05) is 23.6 Å². The van der Waals surface area contributed by atoms with Crippen LogP contribution in [0.5, 0.6) is 0 Å². The molecule has 92 valence electrons. The van der Waals surface area contributed by atoms with Gasteiger partial charge in [-0.1, -0.05) is 17.7 Å².